The smallest absolute Gasteiger partial charge is 0.127 e. The van der Waals surface area contributed by atoms with Gasteiger partial charge in [0.25, 0.3) is 0 Å². The van der Waals surface area contributed by atoms with Gasteiger partial charge in [0.1, 0.15) is 11.6 Å². The van der Waals surface area contributed by atoms with E-state index in [0.29, 0.717) is 30.0 Å². The van der Waals surface area contributed by atoms with Crippen molar-refractivity contribution >= 4 is 11.6 Å². The van der Waals surface area contributed by atoms with Crippen LogP contribution < -0.4 is 4.74 Å². The Labute approximate surface area is 135 Å². The van der Waals surface area contributed by atoms with E-state index in [1.807, 2.05) is 19.1 Å². The molecule has 0 aromatic heterocycles. The molecule has 0 saturated carbocycles. The van der Waals surface area contributed by atoms with Crippen LogP contribution in [0.2, 0.25) is 5.02 Å². The summed E-state index contributed by atoms with van der Waals surface area (Å²) in [6.45, 7) is 2.41. The fraction of sp³-hybridized carbons (Fsp3) is 0.278. The highest BCUT2D eigenvalue weighted by atomic mass is 35.5. The van der Waals surface area contributed by atoms with Gasteiger partial charge in [-0.2, -0.15) is 5.26 Å². The summed E-state index contributed by atoms with van der Waals surface area (Å²) in [5, 5.41) is 9.90. The van der Waals surface area contributed by atoms with E-state index in [0.717, 1.165) is 11.3 Å². The summed E-state index contributed by atoms with van der Waals surface area (Å²) in [6.07, 6.45) is 1.23. The van der Waals surface area contributed by atoms with Crippen LogP contribution in [0, 0.1) is 24.1 Å². The molecular weight excluding hydrogens is 301 g/mol. The maximum Gasteiger partial charge on any atom is 0.127 e. The zero-order chi connectivity index (χ0) is 15.9. The molecule has 22 heavy (non-hydrogen) atoms. The van der Waals surface area contributed by atoms with Crippen molar-refractivity contribution in [1.29, 1.82) is 5.26 Å². The van der Waals surface area contributed by atoms with E-state index in [2.05, 4.69) is 6.07 Å². The molecule has 0 heterocycles. The molecule has 0 N–H and O–H groups in total. The van der Waals surface area contributed by atoms with E-state index in [-0.39, 0.29) is 5.82 Å². The molecule has 0 amide bonds. The van der Waals surface area contributed by atoms with Crippen molar-refractivity contribution in [3.8, 4) is 11.8 Å². The number of benzene rings is 2. The molecule has 0 aliphatic carbocycles. The summed E-state index contributed by atoms with van der Waals surface area (Å²) in [5.74, 6) is 0.00317. The van der Waals surface area contributed by atoms with Crippen LogP contribution in [0.25, 0.3) is 0 Å². The fourth-order valence-corrected chi connectivity index (χ4v) is 2.52. The topological polar surface area (TPSA) is 33.0 Å². The van der Waals surface area contributed by atoms with Crippen molar-refractivity contribution in [3.63, 3.8) is 0 Å². The number of rotatable bonds is 6. The molecular formula is C18H17ClFNO. The van der Waals surface area contributed by atoms with Crippen LogP contribution in [0.5, 0.6) is 5.75 Å². The van der Waals surface area contributed by atoms with Gasteiger partial charge in [-0.05, 0) is 49.6 Å². The lowest BCUT2D eigenvalue weighted by Crippen LogP contribution is -2.04. The van der Waals surface area contributed by atoms with Gasteiger partial charge in [-0.15, -0.1) is 0 Å². The van der Waals surface area contributed by atoms with Gasteiger partial charge < -0.3 is 4.74 Å². The lowest BCUT2D eigenvalue weighted by Gasteiger charge is -2.12. The lowest BCUT2D eigenvalue weighted by atomic mass is 9.95. The first kappa shape index (κ1) is 16.3. The van der Waals surface area contributed by atoms with Crippen LogP contribution >= 0.6 is 11.6 Å². The molecule has 0 fully saturated rings. The van der Waals surface area contributed by atoms with E-state index in [9.17, 15) is 9.65 Å². The first-order valence-electron chi connectivity index (χ1n) is 7.15. The molecule has 0 aliphatic heterocycles. The van der Waals surface area contributed by atoms with Crippen molar-refractivity contribution in [2.24, 2.45) is 0 Å². The highest BCUT2D eigenvalue weighted by Gasteiger charge is 2.14. The zero-order valence-corrected chi connectivity index (χ0v) is 13.1. The average molecular weight is 318 g/mol. The van der Waals surface area contributed by atoms with E-state index >= 15 is 0 Å². The summed E-state index contributed by atoms with van der Waals surface area (Å²) in [6, 6.07) is 14.0. The highest BCUT2D eigenvalue weighted by molar-refractivity contribution is 6.30. The SMILES string of the molecule is Cc1cc(Cl)ccc1OCCCC(C#N)c1ccccc1F. The van der Waals surface area contributed by atoms with Gasteiger partial charge in [-0.25, -0.2) is 4.39 Å². The van der Waals surface area contributed by atoms with Gasteiger partial charge in [0, 0.05) is 10.6 Å². The van der Waals surface area contributed by atoms with Crippen molar-refractivity contribution in [3.05, 3.63) is 64.4 Å². The largest absolute Gasteiger partial charge is 0.493 e. The summed E-state index contributed by atoms with van der Waals surface area (Å²) in [7, 11) is 0. The Morgan fingerprint density at radius 1 is 1.27 bits per heavy atom. The number of hydrogen-bond acceptors (Lipinski definition) is 2. The number of nitriles is 1. The molecule has 0 aliphatic rings. The summed E-state index contributed by atoms with van der Waals surface area (Å²) < 4.78 is 19.4. The Bertz CT molecular complexity index is 681. The molecule has 0 radical (unpaired) electrons. The molecule has 2 aromatic carbocycles. The maximum absolute atomic E-state index is 13.7. The molecule has 2 aromatic rings. The predicted molar refractivity (Wildman–Crippen MR) is 85.7 cm³/mol. The number of aryl methyl sites for hydroxylation is 1. The summed E-state index contributed by atoms with van der Waals surface area (Å²) >= 11 is 5.89. The number of ether oxygens (including phenoxy) is 1. The Hall–Kier alpha value is -2.05. The number of halogens is 2. The molecule has 2 nitrogen and oxygen atoms in total. The Morgan fingerprint density at radius 2 is 2.05 bits per heavy atom. The van der Waals surface area contributed by atoms with Gasteiger partial charge in [-0.3, -0.25) is 0 Å². The molecule has 114 valence electrons. The Balaban J connectivity index is 1.87. The van der Waals surface area contributed by atoms with Crippen molar-refractivity contribution in [2.75, 3.05) is 6.61 Å². The first-order valence-corrected chi connectivity index (χ1v) is 7.52. The van der Waals surface area contributed by atoms with Crippen LogP contribution in [-0.2, 0) is 0 Å². The number of hydrogen-bond donors (Lipinski definition) is 0. The van der Waals surface area contributed by atoms with Crippen LogP contribution in [-0.4, -0.2) is 6.61 Å². The quantitative estimate of drug-likeness (QED) is 0.681. The lowest BCUT2D eigenvalue weighted by molar-refractivity contribution is 0.302. The Kier molecular flexibility index (Phi) is 5.80. The normalized spacial score (nSPS) is 11.7. The molecule has 1 unspecified atom stereocenters. The summed E-state index contributed by atoms with van der Waals surface area (Å²) in [4.78, 5) is 0. The van der Waals surface area contributed by atoms with Crippen LogP contribution in [0.15, 0.2) is 42.5 Å². The van der Waals surface area contributed by atoms with E-state index in [1.165, 1.54) is 6.07 Å². The van der Waals surface area contributed by atoms with E-state index < -0.39 is 5.92 Å². The third kappa shape index (κ3) is 4.22. The van der Waals surface area contributed by atoms with Gasteiger partial charge in [0.15, 0.2) is 0 Å². The van der Waals surface area contributed by atoms with Gasteiger partial charge in [0.05, 0.1) is 18.6 Å². The van der Waals surface area contributed by atoms with Gasteiger partial charge in [0.2, 0.25) is 0 Å². The first-order chi connectivity index (χ1) is 10.6. The zero-order valence-electron chi connectivity index (χ0n) is 12.4. The van der Waals surface area contributed by atoms with E-state index in [1.54, 1.807) is 24.3 Å². The maximum atomic E-state index is 13.7. The molecule has 0 bridgehead atoms. The van der Waals surface area contributed by atoms with Crippen LogP contribution in [0.4, 0.5) is 4.39 Å². The van der Waals surface area contributed by atoms with Crippen LogP contribution in [0.3, 0.4) is 0 Å². The third-order valence-corrected chi connectivity index (χ3v) is 3.70. The third-order valence-electron chi connectivity index (χ3n) is 3.47. The van der Waals surface area contributed by atoms with E-state index in [4.69, 9.17) is 16.3 Å². The highest BCUT2D eigenvalue weighted by Crippen LogP contribution is 2.25. The monoisotopic (exact) mass is 317 g/mol. The second kappa shape index (κ2) is 7.82. The Morgan fingerprint density at radius 3 is 2.73 bits per heavy atom. The molecule has 0 saturated heterocycles. The predicted octanol–water partition coefficient (Wildman–Crippen LogP) is 5.25. The van der Waals surface area contributed by atoms with Crippen molar-refractivity contribution in [1.82, 2.24) is 0 Å². The average Bonchev–Trinajstić information content (AvgIpc) is 2.50. The van der Waals surface area contributed by atoms with Crippen molar-refractivity contribution < 1.29 is 9.13 Å². The van der Waals surface area contributed by atoms with Crippen LogP contribution in [0.1, 0.15) is 29.9 Å². The standard InChI is InChI=1S/C18H17ClFNO/c1-13-11-15(19)8-9-18(13)22-10-4-5-14(12-21)16-6-2-3-7-17(16)20/h2-3,6-9,11,14H,4-5,10H2,1H3. The van der Waals surface area contributed by atoms with Gasteiger partial charge in [-0.1, -0.05) is 29.8 Å². The van der Waals surface area contributed by atoms with Gasteiger partial charge >= 0.3 is 0 Å². The minimum atomic E-state index is -0.448. The second-order valence-corrected chi connectivity index (χ2v) is 5.54. The number of nitrogens with zero attached hydrogens (tertiary/aromatic N) is 1. The minimum Gasteiger partial charge on any atom is -0.493 e. The molecule has 1 atom stereocenters. The molecule has 0 spiro atoms. The molecule has 2 rings (SSSR count). The minimum absolute atomic E-state index is 0.330. The van der Waals surface area contributed by atoms with Crippen molar-refractivity contribution in [2.45, 2.75) is 25.7 Å². The molecule has 4 heteroatoms. The fourth-order valence-electron chi connectivity index (χ4n) is 2.29. The summed E-state index contributed by atoms with van der Waals surface area (Å²) in [5.41, 5.74) is 1.42. The second-order valence-electron chi connectivity index (χ2n) is 5.10.